The number of carbonyl (C=O) groups excluding carboxylic acids is 1. The fraction of sp³-hybridized carbons (Fsp3) is 0.467. The second kappa shape index (κ2) is 7.52. The summed E-state index contributed by atoms with van der Waals surface area (Å²) in [7, 11) is 0. The van der Waals surface area contributed by atoms with Crippen LogP contribution in [-0.4, -0.2) is 16.5 Å². The molecule has 1 amide bonds. The molecule has 112 valence electrons. The number of hydrogen-bond acceptors (Lipinski definition) is 4. The van der Waals surface area contributed by atoms with Gasteiger partial charge in [0.05, 0.1) is 11.3 Å². The summed E-state index contributed by atoms with van der Waals surface area (Å²) in [6, 6.07) is 5.99. The van der Waals surface area contributed by atoms with E-state index in [0.29, 0.717) is 0 Å². The molecule has 21 heavy (non-hydrogen) atoms. The maximum atomic E-state index is 11.8. The van der Waals surface area contributed by atoms with Crippen LogP contribution in [0.1, 0.15) is 44.1 Å². The Bertz CT molecular complexity index is 528. The average molecular weight is 289 g/mol. The first-order valence-corrected chi connectivity index (χ1v) is 7.23. The Kier molecular flexibility index (Phi) is 5.43. The number of nitrogens with zero attached hydrogens (tertiary/aromatic N) is 2. The molecule has 0 radical (unpaired) electrons. The van der Waals surface area contributed by atoms with Gasteiger partial charge in [-0.3, -0.25) is 14.9 Å². The number of rotatable bonds is 4. The van der Waals surface area contributed by atoms with E-state index in [1.807, 2.05) is 0 Å². The molecule has 1 fully saturated rings. The predicted molar refractivity (Wildman–Crippen MR) is 80.1 cm³/mol. The third-order valence-electron chi connectivity index (χ3n) is 3.53. The first kappa shape index (κ1) is 15.2. The lowest BCUT2D eigenvalue weighted by Crippen LogP contribution is -2.21. The van der Waals surface area contributed by atoms with Crippen molar-refractivity contribution in [3.8, 4) is 0 Å². The van der Waals surface area contributed by atoms with Crippen molar-refractivity contribution in [2.75, 3.05) is 0 Å². The number of benzene rings is 1. The molecule has 1 aliphatic carbocycles. The van der Waals surface area contributed by atoms with Gasteiger partial charge in [0.1, 0.15) is 0 Å². The van der Waals surface area contributed by atoms with E-state index in [4.69, 9.17) is 0 Å². The molecule has 6 heteroatoms. The lowest BCUT2D eigenvalue weighted by molar-refractivity contribution is -0.384. The normalized spacial score (nSPS) is 15.1. The molecule has 0 aliphatic heterocycles. The van der Waals surface area contributed by atoms with Crippen molar-refractivity contribution in [1.29, 1.82) is 0 Å². The summed E-state index contributed by atoms with van der Waals surface area (Å²) < 4.78 is 0. The highest BCUT2D eigenvalue weighted by Gasteiger charge is 2.09. The highest BCUT2D eigenvalue weighted by molar-refractivity contribution is 5.87. The van der Waals surface area contributed by atoms with Crippen molar-refractivity contribution < 1.29 is 9.72 Å². The maximum absolute atomic E-state index is 11.8. The van der Waals surface area contributed by atoms with Gasteiger partial charge in [-0.2, -0.15) is 5.10 Å². The molecule has 0 heterocycles. The second-order valence-electron chi connectivity index (χ2n) is 5.23. The smallest absolute Gasteiger partial charge is 0.269 e. The van der Waals surface area contributed by atoms with E-state index in [1.165, 1.54) is 25.0 Å². The van der Waals surface area contributed by atoms with Crippen molar-refractivity contribution in [3.05, 3.63) is 39.9 Å². The van der Waals surface area contributed by atoms with Crippen LogP contribution in [0.5, 0.6) is 0 Å². The van der Waals surface area contributed by atoms with Crippen molar-refractivity contribution >= 4 is 17.3 Å². The zero-order valence-corrected chi connectivity index (χ0v) is 11.9. The van der Waals surface area contributed by atoms with E-state index >= 15 is 0 Å². The number of hydrogen-bond donors (Lipinski definition) is 1. The van der Waals surface area contributed by atoms with Crippen molar-refractivity contribution in [1.82, 2.24) is 5.43 Å². The molecule has 2 rings (SSSR count). The summed E-state index contributed by atoms with van der Waals surface area (Å²) in [4.78, 5) is 21.9. The van der Waals surface area contributed by atoms with Gasteiger partial charge in [-0.05, 0) is 31.2 Å². The summed E-state index contributed by atoms with van der Waals surface area (Å²) in [5.74, 6) is -0.194. The third-order valence-corrected chi connectivity index (χ3v) is 3.53. The van der Waals surface area contributed by atoms with Gasteiger partial charge in [0.2, 0.25) is 5.91 Å². The standard InChI is InChI=1S/C15H19N3O3/c19-15(17-16-13-5-3-1-2-4-6-13)11-12-7-9-14(10-8-12)18(20)21/h7-10H,1-6,11H2,(H,17,19). The Morgan fingerprint density at radius 3 is 2.33 bits per heavy atom. The van der Waals surface area contributed by atoms with Crippen molar-refractivity contribution in [2.24, 2.45) is 5.10 Å². The molecule has 0 spiro atoms. The summed E-state index contributed by atoms with van der Waals surface area (Å²) in [6.07, 6.45) is 6.82. The zero-order chi connectivity index (χ0) is 15.1. The van der Waals surface area contributed by atoms with E-state index in [1.54, 1.807) is 12.1 Å². The number of amides is 1. The minimum Gasteiger partial charge on any atom is -0.273 e. The lowest BCUT2D eigenvalue weighted by atomic mass is 10.1. The van der Waals surface area contributed by atoms with Crippen LogP contribution in [0.3, 0.4) is 0 Å². The Hall–Kier alpha value is -2.24. The van der Waals surface area contributed by atoms with E-state index in [9.17, 15) is 14.9 Å². The Morgan fingerprint density at radius 1 is 1.14 bits per heavy atom. The lowest BCUT2D eigenvalue weighted by Gasteiger charge is -2.04. The van der Waals surface area contributed by atoms with Gasteiger partial charge in [-0.15, -0.1) is 0 Å². The first-order chi connectivity index (χ1) is 10.1. The Balaban J connectivity index is 1.86. The minimum atomic E-state index is -0.456. The van der Waals surface area contributed by atoms with Crippen LogP contribution in [0, 0.1) is 10.1 Å². The number of carbonyl (C=O) groups is 1. The monoisotopic (exact) mass is 289 g/mol. The predicted octanol–water partition coefficient (Wildman–Crippen LogP) is 2.96. The summed E-state index contributed by atoms with van der Waals surface area (Å²) in [5.41, 5.74) is 4.40. The van der Waals surface area contributed by atoms with Crippen LogP contribution in [0.15, 0.2) is 29.4 Å². The van der Waals surface area contributed by atoms with Crippen LogP contribution in [0.25, 0.3) is 0 Å². The first-order valence-electron chi connectivity index (χ1n) is 7.23. The third kappa shape index (κ3) is 4.98. The Morgan fingerprint density at radius 2 is 1.76 bits per heavy atom. The summed E-state index contributed by atoms with van der Waals surface area (Å²) >= 11 is 0. The molecule has 0 bridgehead atoms. The van der Waals surface area contributed by atoms with Crippen molar-refractivity contribution in [2.45, 2.75) is 44.9 Å². The van der Waals surface area contributed by atoms with Crippen LogP contribution in [0.4, 0.5) is 5.69 Å². The minimum absolute atomic E-state index is 0.0258. The number of nitro benzene ring substituents is 1. The van der Waals surface area contributed by atoms with E-state index < -0.39 is 4.92 Å². The molecule has 6 nitrogen and oxygen atoms in total. The molecule has 1 aromatic rings. The van der Waals surface area contributed by atoms with Gasteiger partial charge in [-0.25, -0.2) is 5.43 Å². The van der Waals surface area contributed by atoms with E-state index in [0.717, 1.165) is 37.0 Å². The van der Waals surface area contributed by atoms with Crippen LogP contribution in [0.2, 0.25) is 0 Å². The van der Waals surface area contributed by atoms with Gasteiger partial charge in [0.25, 0.3) is 5.69 Å². The van der Waals surface area contributed by atoms with E-state index in [-0.39, 0.29) is 18.0 Å². The molecular weight excluding hydrogens is 270 g/mol. The number of nitro groups is 1. The highest BCUT2D eigenvalue weighted by Crippen LogP contribution is 2.15. The van der Waals surface area contributed by atoms with Gasteiger partial charge in [0, 0.05) is 17.8 Å². The van der Waals surface area contributed by atoms with Gasteiger partial charge in [0.15, 0.2) is 0 Å². The van der Waals surface area contributed by atoms with Gasteiger partial charge >= 0.3 is 0 Å². The maximum Gasteiger partial charge on any atom is 0.269 e. The molecular formula is C15H19N3O3. The number of nitrogens with one attached hydrogen (secondary N) is 1. The number of hydrazone groups is 1. The fourth-order valence-corrected chi connectivity index (χ4v) is 2.35. The van der Waals surface area contributed by atoms with Gasteiger partial charge < -0.3 is 0 Å². The molecule has 1 N–H and O–H groups in total. The summed E-state index contributed by atoms with van der Waals surface area (Å²) in [6.45, 7) is 0. The molecule has 0 saturated heterocycles. The molecule has 1 aliphatic rings. The van der Waals surface area contributed by atoms with Gasteiger partial charge in [-0.1, -0.05) is 25.0 Å². The molecule has 0 aromatic heterocycles. The van der Waals surface area contributed by atoms with Crippen molar-refractivity contribution in [3.63, 3.8) is 0 Å². The van der Waals surface area contributed by atoms with E-state index in [2.05, 4.69) is 10.5 Å². The quantitative estimate of drug-likeness (QED) is 0.525. The molecule has 0 unspecified atom stereocenters. The second-order valence-corrected chi connectivity index (χ2v) is 5.23. The molecule has 0 atom stereocenters. The topological polar surface area (TPSA) is 84.6 Å². The molecule has 1 saturated carbocycles. The number of non-ortho nitro benzene ring substituents is 1. The van der Waals surface area contributed by atoms with Crippen LogP contribution in [-0.2, 0) is 11.2 Å². The average Bonchev–Trinajstić information content (AvgIpc) is 2.74. The zero-order valence-electron chi connectivity index (χ0n) is 11.9. The van der Waals surface area contributed by atoms with Crippen LogP contribution >= 0.6 is 0 Å². The molecule has 1 aromatic carbocycles. The highest BCUT2D eigenvalue weighted by atomic mass is 16.6. The SMILES string of the molecule is O=C(Cc1ccc([N+](=O)[O-])cc1)NN=C1CCCCCC1. The van der Waals surface area contributed by atoms with Crippen LogP contribution < -0.4 is 5.43 Å². The largest absolute Gasteiger partial charge is 0.273 e. The Labute approximate surface area is 123 Å². The summed E-state index contributed by atoms with van der Waals surface area (Å²) in [5, 5.41) is 14.7. The fourth-order valence-electron chi connectivity index (χ4n) is 2.35.